The highest BCUT2D eigenvalue weighted by Gasteiger charge is 2.44. The first-order chi connectivity index (χ1) is 8.41. The molecule has 0 saturated heterocycles. The standard InChI is InChI=1S/C15H15N3/c1-14(2,3)15(10-17,11-18)13-6-4-12(5-7-13)8-9-16/h4-7H,8H2,1-3H3. The highest BCUT2D eigenvalue weighted by molar-refractivity contribution is 5.44. The molecule has 0 aromatic heterocycles. The third-order valence-electron chi connectivity index (χ3n) is 3.13. The summed E-state index contributed by atoms with van der Waals surface area (Å²) >= 11 is 0. The van der Waals surface area contributed by atoms with Crippen molar-refractivity contribution >= 4 is 0 Å². The quantitative estimate of drug-likeness (QED) is 0.793. The third-order valence-corrected chi connectivity index (χ3v) is 3.13. The first kappa shape index (κ1) is 13.8. The number of nitriles is 3. The zero-order valence-corrected chi connectivity index (χ0v) is 10.9. The normalized spacial score (nSPS) is 11.1. The Kier molecular flexibility index (Phi) is 3.75. The van der Waals surface area contributed by atoms with Crippen molar-refractivity contribution in [3.8, 4) is 18.2 Å². The fourth-order valence-corrected chi connectivity index (χ4v) is 1.89. The van der Waals surface area contributed by atoms with Crippen LogP contribution in [0.5, 0.6) is 0 Å². The number of benzene rings is 1. The lowest BCUT2D eigenvalue weighted by Gasteiger charge is -2.33. The molecular weight excluding hydrogens is 222 g/mol. The second-order valence-electron chi connectivity index (χ2n) is 5.26. The summed E-state index contributed by atoms with van der Waals surface area (Å²) in [6.07, 6.45) is 0.335. The predicted octanol–water partition coefficient (Wildman–Crippen LogP) is 3.08. The van der Waals surface area contributed by atoms with Gasteiger partial charge in [0, 0.05) is 0 Å². The van der Waals surface area contributed by atoms with Crippen LogP contribution in [-0.4, -0.2) is 0 Å². The number of hydrogen-bond donors (Lipinski definition) is 0. The first-order valence-electron chi connectivity index (χ1n) is 5.70. The summed E-state index contributed by atoms with van der Waals surface area (Å²) in [7, 11) is 0. The summed E-state index contributed by atoms with van der Waals surface area (Å²) in [4.78, 5) is 0. The molecule has 0 saturated carbocycles. The van der Waals surface area contributed by atoms with E-state index in [4.69, 9.17) is 5.26 Å². The van der Waals surface area contributed by atoms with E-state index in [-0.39, 0.29) is 0 Å². The van der Waals surface area contributed by atoms with E-state index in [0.717, 1.165) is 5.56 Å². The molecule has 1 aromatic rings. The largest absolute Gasteiger partial charge is 0.198 e. The number of hydrogen-bond acceptors (Lipinski definition) is 3. The van der Waals surface area contributed by atoms with Gasteiger partial charge in [0.15, 0.2) is 5.41 Å². The topological polar surface area (TPSA) is 71.4 Å². The van der Waals surface area contributed by atoms with E-state index in [2.05, 4.69) is 18.2 Å². The Bertz CT molecular complexity index is 528. The molecule has 0 spiro atoms. The lowest BCUT2D eigenvalue weighted by molar-refractivity contribution is 0.306. The molecule has 1 aromatic carbocycles. The van der Waals surface area contributed by atoms with E-state index in [0.29, 0.717) is 12.0 Å². The van der Waals surface area contributed by atoms with Gasteiger partial charge in [-0.2, -0.15) is 15.8 Å². The van der Waals surface area contributed by atoms with Crippen molar-refractivity contribution in [1.82, 2.24) is 0 Å². The van der Waals surface area contributed by atoms with E-state index < -0.39 is 10.8 Å². The molecule has 0 amide bonds. The zero-order chi connectivity index (χ0) is 13.8. The van der Waals surface area contributed by atoms with Gasteiger partial charge < -0.3 is 0 Å². The molecule has 0 N–H and O–H groups in total. The summed E-state index contributed by atoms with van der Waals surface area (Å²) in [5.74, 6) is 0. The van der Waals surface area contributed by atoms with E-state index in [9.17, 15) is 10.5 Å². The van der Waals surface area contributed by atoms with Crippen molar-refractivity contribution < 1.29 is 0 Å². The predicted molar refractivity (Wildman–Crippen MR) is 68.1 cm³/mol. The molecule has 0 aliphatic carbocycles. The Morgan fingerprint density at radius 3 is 1.78 bits per heavy atom. The van der Waals surface area contributed by atoms with Crippen molar-refractivity contribution in [3.05, 3.63) is 35.4 Å². The highest BCUT2D eigenvalue weighted by Crippen LogP contribution is 2.40. The van der Waals surface area contributed by atoms with Crippen LogP contribution in [0.4, 0.5) is 0 Å². The molecule has 0 aliphatic heterocycles. The first-order valence-corrected chi connectivity index (χ1v) is 5.70. The average molecular weight is 237 g/mol. The summed E-state index contributed by atoms with van der Waals surface area (Å²) in [6, 6.07) is 13.5. The van der Waals surface area contributed by atoms with E-state index in [1.54, 1.807) is 24.3 Å². The van der Waals surface area contributed by atoms with Crippen LogP contribution >= 0.6 is 0 Å². The maximum atomic E-state index is 9.41. The zero-order valence-electron chi connectivity index (χ0n) is 10.9. The second kappa shape index (κ2) is 4.91. The Morgan fingerprint density at radius 1 is 0.944 bits per heavy atom. The Hall–Kier alpha value is -2.31. The summed E-state index contributed by atoms with van der Waals surface area (Å²) in [6.45, 7) is 5.63. The molecule has 0 atom stereocenters. The molecule has 0 fully saturated rings. The van der Waals surface area contributed by atoms with Crippen molar-refractivity contribution in [2.75, 3.05) is 0 Å². The Balaban J connectivity index is 3.31. The molecule has 0 unspecified atom stereocenters. The van der Waals surface area contributed by atoms with Gasteiger partial charge in [-0.3, -0.25) is 0 Å². The molecule has 0 heterocycles. The Morgan fingerprint density at radius 2 is 1.44 bits per heavy atom. The van der Waals surface area contributed by atoms with Gasteiger partial charge in [-0.15, -0.1) is 0 Å². The minimum absolute atomic E-state index is 0.335. The van der Waals surface area contributed by atoms with Gasteiger partial charge >= 0.3 is 0 Å². The SMILES string of the molecule is CC(C)(C)C(C#N)(C#N)c1ccc(CC#N)cc1. The van der Waals surface area contributed by atoms with Gasteiger partial charge in [0.2, 0.25) is 0 Å². The number of rotatable bonds is 2. The van der Waals surface area contributed by atoms with Crippen molar-refractivity contribution in [1.29, 1.82) is 15.8 Å². The van der Waals surface area contributed by atoms with Crippen LogP contribution in [0.25, 0.3) is 0 Å². The summed E-state index contributed by atoms with van der Waals surface area (Å²) in [5.41, 5.74) is -0.0764. The molecule has 0 aliphatic rings. The van der Waals surface area contributed by atoms with Crippen LogP contribution in [0.15, 0.2) is 24.3 Å². The lowest BCUT2D eigenvalue weighted by atomic mass is 9.64. The fourth-order valence-electron chi connectivity index (χ4n) is 1.89. The molecule has 18 heavy (non-hydrogen) atoms. The van der Waals surface area contributed by atoms with Gasteiger partial charge in [-0.25, -0.2) is 0 Å². The average Bonchev–Trinajstić information content (AvgIpc) is 2.32. The van der Waals surface area contributed by atoms with Crippen LogP contribution in [0, 0.1) is 39.4 Å². The third kappa shape index (κ3) is 2.20. The van der Waals surface area contributed by atoms with E-state index >= 15 is 0 Å². The van der Waals surface area contributed by atoms with Gasteiger partial charge in [-0.1, -0.05) is 45.0 Å². The van der Waals surface area contributed by atoms with Gasteiger partial charge in [0.05, 0.1) is 24.6 Å². The molecule has 3 nitrogen and oxygen atoms in total. The maximum Gasteiger partial charge on any atom is 0.173 e. The van der Waals surface area contributed by atoms with Crippen LogP contribution in [0.1, 0.15) is 31.9 Å². The Labute approximate surface area is 108 Å². The van der Waals surface area contributed by atoms with Crippen LogP contribution < -0.4 is 0 Å². The molecule has 90 valence electrons. The van der Waals surface area contributed by atoms with Gasteiger partial charge in [0.1, 0.15) is 0 Å². The maximum absolute atomic E-state index is 9.41. The summed E-state index contributed by atoms with van der Waals surface area (Å²) in [5, 5.41) is 27.4. The minimum Gasteiger partial charge on any atom is -0.198 e. The molecular formula is C15H15N3. The van der Waals surface area contributed by atoms with Crippen molar-refractivity contribution in [2.24, 2.45) is 5.41 Å². The lowest BCUT2D eigenvalue weighted by Crippen LogP contribution is -2.37. The highest BCUT2D eigenvalue weighted by atomic mass is 14.5. The van der Waals surface area contributed by atoms with Crippen molar-refractivity contribution in [2.45, 2.75) is 32.6 Å². The monoisotopic (exact) mass is 237 g/mol. The van der Waals surface area contributed by atoms with Gasteiger partial charge in [0.25, 0.3) is 0 Å². The van der Waals surface area contributed by atoms with Crippen LogP contribution in [-0.2, 0) is 11.8 Å². The smallest absolute Gasteiger partial charge is 0.173 e. The van der Waals surface area contributed by atoms with Crippen LogP contribution in [0.3, 0.4) is 0 Å². The minimum atomic E-state index is -1.17. The fraction of sp³-hybridized carbons (Fsp3) is 0.400. The molecule has 3 heteroatoms. The summed E-state index contributed by atoms with van der Waals surface area (Å²) < 4.78 is 0. The van der Waals surface area contributed by atoms with Gasteiger partial charge in [-0.05, 0) is 16.5 Å². The van der Waals surface area contributed by atoms with Crippen molar-refractivity contribution in [3.63, 3.8) is 0 Å². The molecule has 0 radical (unpaired) electrons. The van der Waals surface area contributed by atoms with Crippen LogP contribution in [0.2, 0.25) is 0 Å². The molecule has 0 bridgehead atoms. The van der Waals surface area contributed by atoms with E-state index in [1.165, 1.54) is 0 Å². The number of nitrogens with zero attached hydrogens (tertiary/aromatic N) is 3. The molecule has 1 rings (SSSR count). The second-order valence-corrected chi connectivity index (χ2v) is 5.26. The van der Waals surface area contributed by atoms with E-state index in [1.807, 2.05) is 20.8 Å².